The molecule has 6 nitrogen and oxygen atoms in total. The van der Waals surface area contributed by atoms with Crippen LogP contribution in [-0.4, -0.2) is 17.2 Å². The maximum atomic E-state index is 13.1. The average Bonchev–Trinajstić information content (AvgIpc) is 3.28. The van der Waals surface area contributed by atoms with E-state index in [4.69, 9.17) is 13.9 Å². The minimum atomic E-state index is -1.19. The summed E-state index contributed by atoms with van der Waals surface area (Å²) < 4.78 is 18.7. The first-order valence-corrected chi connectivity index (χ1v) is 11.6. The zero-order valence-corrected chi connectivity index (χ0v) is 20.0. The summed E-state index contributed by atoms with van der Waals surface area (Å²) in [6.45, 7) is 0. The molecule has 1 amide bonds. The number of ether oxygens (including phenoxy) is 2. The van der Waals surface area contributed by atoms with E-state index in [1.807, 2.05) is 60.7 Å². The molecule has 0 aliphatic rings. The van der Waals surface area contributed by atoms with Crippen molar-refractivity contribution in [3.8, 4) is 23.0 Å². The van der Waals surface area contributed by atoms with E-state index < -0.39 is 12.2 Å². The molecule has 1 N–H and O–H groups in total. The van der Waals surface area contributed by atoms with Crippen LogP contribution in [0, 0.1) is 3.57 Å². The lowest BCUT2D eigenvalue weighted by atomic mass is 10.2. The van der Waals surface area contributed by atoms with Gasteiger partial charge in [0.25, 0.3) is 0 Å². The summed E-state index contributed by atoms with van der Waals surface area (Å²) >= 11 is 2.25. The number of nitrogens with zero attached hydrogens (tertiary/aromatic N) is 1. The van der Waals surface area contributed by atoms with Crippen molar-refractivity contribution in [3.63, 3.8) is 0 Å². The molecule has 0 aliphatic carbocycles. The first-order chi connectivity index (χ1) is 16.6. The number of hydrogen-bond acceptors (Lipinski definition) is 5. The number of anilines is 1. The lowest BCUT2D eigenvalue weighted by Crippen LogP contribution is -2.38. The average molecular weight is 562 g/mol. The molecule has 5 rings (SSSR count). The summed E-state index contributed by atoms with van der Waals surface area (Å²) in [4.78, 5) is 17.7. The molecule has 5 aromatic rings. The zero-order valence-electron chi connectivity index (χ0n) is 17.9. The van der Waals surface area contributed by atoms with Gasteiger partial charge in [-0.2, -0.15) is 0 Å². The zero-order chi connectivity index (χ0) is 23.3. The van der Waals surface area contributed by atoms with E-state index in [1.54, 1.807) is 42.5 Å². The normalized spacial score (nSPS) is 10.9. The predicted molar refractivity (Wildman–Crippen MR) is 139 cm³/mol. The number of hydrogen-bond donors (Lipinski definition) is 1. The van der Waals surface area contributed by atoms with E-state index >= 15 is 0 Å². The second-order valence-corrected chi connectivity index (χ2v) is 8.64. The Morgan fingerprint density at radius 3 is 2.15 bits per heavy atom. The summed E-state index contributed by atoms with van der Waals surface area (Å²) in [5, 5.41) is 2.86. The van der Waals surface area contributed by atoms with Crippen LogP contribution >= 0.6 is 22.6 Å². The summed E-state index contributed by atoms with van der Waals surface area (Å²) in [6.07, 6.45) is -1.19. The van der Waals surface area contributed by atoms with Gasteiger partial charge in [-0.15, -0.1) is 0 Å². The maximum Gasteiger partial charge on any atom is 0.321 e. The first-order valence-electron chi connectivity index (χ1n) is 10.5. The molecule has 0 fully saturated rings. The van der Waals surface area contributed by atoms with Crippen LogP contribution in [0.1, 0.15) is 0 Å². The number of amides is 1. The van der Waals surface area contributed by atoms with E-state index in [-0.39, 0.29) is 0 Å². The Bertz CT molecular complexity index is 1380. The van der Waals surface area contributed by atoms with E-state index in [1.165, 1.54) is 0 Å². The third-order valence-electron chi connectivity index (χ3n) is 4.91. The molecule has 0 spiro atoms. The number of aromatic nitrogens is 1. The Morgan fingerprint density at radius 1 is 0.824 bits per heavy atom. The quantitative estimate of drug-likeness (QED) is 0.181. The van der Waals surface area contributed by atoms with Crippen molar-refractivity contribution in [1.82, 2.24) is 4.98 Å². The highest BCUT2D eigenvalue weighted by Gasteiger charge is 2.23. The Balaban J connectivity index is 1.37. The summed E-state index contributed by atoms with van der Waals surface area (Å²) in [7, 11) is 0. The Hall–Kier alpha value is -3.85. The van der Waals surface area contributed by atoms with Crippen molar-refractivity contribution in [1.29, 1.82) is 0 Å². The molecule has 7 heteroatoms. The molecule has 1 heterocycles. The van der Waals surface area contributed by atoms with Crippen LogP contribution in [0.5, 0.6) is 11.5 Å². The van der Waals surface area contributed by atoms with Gasteiger partial charge in [-0.3, -0.25) is 4.79 Å². The lowest BCUT2D eigenvalue weighted by Gasteiger charge is -2.20. The largest absolute Gasteiger partial charge is 0.446 e. The smallest absolute Gasteiger partial charge is 0.321 e. The fraction of sp³-hybridized carbons (Fsp3) is 0.0370. The third-order valence-corrected chi connectivity index (χ3v) is 5.58. The molecule has 0 saturated heterocycles. The number of fused-ring (bicyclic) bond motifs is 1. The van der Waals surface area contributed by atoms with Crippen molar-refractivity contribution >= 4 is 45.3 Å². The van der Waals surface area contributed by atoms with Crippen LogP contribution in [0.2, 0.25) is 0 Å². The molecular formula is C27H19IN2O4. The minimum absolute atomic E-state index is 0.451. The second-order valence-electron chi connectivity index (χ2n) is 7.39. The van der Waals surface area contributed by atoms with Crippen molar-refractivity contribution < 1.29 is 18.7 Å². The van der Waals surface area contributed by atoms with Crippen molar-refractivity contribution in [2.45, 2.75) is 6.29 Å². The fourth-order valence-corrected chi connectivity index (χ4v) is 3.87. The summed E-state index contributed by atoms with van der Waals surface area (Å²) in [5.41, 5.74) is 2.71. The first kappa shape index (κ1) is 22.0. The molecule has 0 saturated carbocycles. The monoisotopic (exact) mass is 562 g/mol. The van der Waals surface area contributed by atoms with Gasteiger partial charge < -0.3 is 19.2 Å². The number of oxazole rings is 1. The molecule has 0 aliphatic heterocycles. The van der Waals surface area contributed by atoms with Gasteiger partial charge in [0.2, 0.25) is 5.89 Å². The molecule has 4 aromatic carbocycles. The van der Waals surface area contributed by atoms with Gasteiger partial charge >= 0.3 is 12.2 Å². The van der Waals surface area contributed by atoms with Crippen LogP contribution in [0.4, 0.5) is 5.69 Å². The van der Waals surface area contributed by atoms with Gasteiger partial charge in [-0.25, -0.2) is 4.98 Å². The van der Waals surface area contributed by atoms with Crippen LogP contribution in [0.25, 0.3) is 22.6 Å². The SMILES string of the molecule is O=C(Nc1ccc2oc(-c3cccc(I)c3)nc2c1)C(Oc1ccccc1)Oc1ccccc1. The van der Waals surface area contributed by atoms with E-state index in [9.17, 15) is 4.79 Å². The predicted octanol–water partition coefficient (Wildman–Crippen LogP) is 6.52. The van der Waals surface area contributed by atoms with E-state index in [0.717, 1.165) is 9.13 Å². The Morgan fingerprint density at radius 2 is 1.50 bits per heavy atom. The number of halogens is 1. The highest BCUT2D eigenvalue weighted by molar-refractivity contribution is 14.1. The van der Waals surface area contributed by atoms with E-state index in [0.29, 0.717) is 34.2 Å². The molecule has 0 radical (unpaired) electrons. The molecular weight excluding hydrogens is 543 g/mol. The number of nitrogens with one attached hydrogen (secondary N) is 1. The Kier molecular flexibility index (Phi) is 6.44. The van der Waals surface area contributed by atoms with Crippen LogP contribution in [-0.2, 0) is 4.79 Å². The number of para-hydroxylation sites is 2. The third kappa shape index (κ3) is 5.20. The minimum Gasteiger partial charge on any atom is -0.446 e. The van der Waals surface area contributed by atoms with E-state index in [2.05, 4.69) is 32.9 Å². The van der Waals surface area contributed by atoms with Crippen LogP contribution in [0.3, 0.4) is 0 Å². The van der Waals surface area contributed by atoms with Gasteiger partial charge in [0, 0.05) is 14.8 Å². The molecule has 34 heavy (non-hydrogen) atoms. The van der Waals surface area contributed by atoms with Gasteiger partial charge in [0.05, 0.1) is 0 Å². The fourth-order valence-electron chi connectivity index (χ4n) is 3.33. The highest BCUT2D eigenvalue weighted by Crippen LogP contribution is 2.27. The molecule has 1 aromatic heterocycles. The number of benzene rings is 4. The van der Waals surface area contributed by atoms with Crippen LogP contribution in [0.15, 0.2) is 108 Å². The van der Waals surface area contributed by atoms with Crippen molar-refractivity contribution in [3.05, 3.63) is 107 Å². The van der Waals surface area contributed by atoms with Crippen molar-refractivity contribution in [2.75, 3.05) is 5.32 Å². The summed E-state index contributed by atoms with van der Waals surface area (Å²) in [6, 6.07) is 31.3. The molecule has 0 atom stereocenters. The van der Waals surface area contributed by atoms with Gasteiger partial charge in [0.1, 0.15) is 17.0 Å². The van der Waals surface area contributed by atoms with Crippen LogP contribution < -0.4 is 14.8 Å². The highest BCUT2D eigenvalue weighted by atomic mass is 127. The topological polar surface area (TPSA) is 73.6 Å². The van der Waals surface area contributed by atoms with Gasteiger partial charge in [-0.1, -0.05) is 42.5 Å². The number of carbonyl (C=O) groups is 1. The molecule has 168 valence electrons. The van der Waals surface area contributed by atoms with Crippen molar-refractivity contribution in [2.24, 2.45) is 0 Å². The standard InChI is InChI=1S/C27H19IN2O4/c28-19-9-7-8-18(16-19)26-30-23-17-20(14-15-24(23)34-26)29-25(31)27(32-21-10-3-1-4-11-21)33-22-12-5-2-6-13-22/h1-17,27H,(H,29,31). The molecule has 0 unspecified atom stereocenters. The number of rotatable bonds is 7. The maximum absolute atomic E-state index is 13.1. The Labute approximate surface area is 209 Å². The number of carbonyl (C=O) groups excluding carboxylic acids is 1. The lowest BCUT2D eigenvalue weighted by molar-refractivity contribution is -0.134. The van der Waals surface area contributed by atoms with Gasteiger partial charge in [0.15, 0.2) is 5.58 Å². The summed E-state index contributed by atoms with van der Waals surface area (Å²) in [5.74, 6) is 1.11. The molecule has 0 bridgehead atoms. The van der Waals surface area contributed by atoms with Gasteiger partial charge in [-0.05, 0) is 83.3 Å². The second kappa shape index (κ2) is 9.96.